The van der Waals surface area contributed by atoms with Gasteiger partial charge in [-0.05, 0) is 49.4 Å². The molecular weight excluding hydrogens is 383 g/mol. The normalized spacial score (nSPS) is 15.2. The second-order valence-corrected chi connectivity index (χ2v) is 6.99. The average molecular weight is 405 g/mol. The first-order valence-electron chi connectivity index (χ1n) is 9.28. The van der Waals surface area contributed by atoms with Crippen molar-refractivity contribution in [3.05, 3.63) is 59.7 Å². The number of hydrogen-bond donors (Lipinski definition) is 1. The largest absolute Gasteiger partial charge is 0.416 e. The van der Waals surface area contributed by atoms with E-state index in [0.29, 0.717) is 18.7 Å². The number of hydrogen-bond acceptors (Lipinski definition) is 4. The number of alkyl halides is 3. The van der Waals surface area contributed by atoms with Crippen molar-refractivity contribution in [2.24, 2.45) is 0 Å². The van der Waals surface area contributed by atoms with Gasteiger partial charge < -0.3 is 10.2 Å². The molecule has 154 valence electrons. The van der Waals surface area contributed by atoms with Crippen LogP contribution < -0.4 is 10.2 Å². The lowest BCUT2D eigenvalue weighted by atomic mass is 10.1. The molecule has 0 aromatic heterocycles. The van der Waals surface area contributed by atoms with Crippen LogP contribution in [-0.4, -0.2) is 49.3 Å². The van der Waals surface area contributed by atoms with Crippen molar-refractivity contribution in [3.8, 4) is 0 Å². The number of Topliss-reactive ketones (excluding diaryl/α,β-unsaturated/α-hetero) is 1. The first kappa shape index (κ1) is 20.9. The lowest BCUT2D eigenvalue weighted by molar-refractivity contribution is -0.137. The van der Waals surface area contributed by atoms with Crippen molar-refractivity contribution in [1.82, 2.24) is 4.90 Å². The Bertz CT molecular complexity index is 873. The molecule has 2 aromatic carbocycles. The third kappa shape index (κ3) is 5.57. The van der Waals surface area contributed by atoms with Crippen LogP contribution in [0.4, 0.5) is 24.5 Å². The summed E-state index contributed by atoms with van der Waals surface area (Å²) in [4.78, 5) is 27.7. The summed E-state index contributed by atoms with van der Waals surface area (Å²) in [6.45, 7) is 4.40. The number of carbonyl (C=O) groups is 2. The number of anilines is 2. The van der Waals surface area contributed by atoms with Gasteiger partial charge >= 0.3 is 6.18 Å². The number of halogens is 3. The van der Waals surface area contributed by atoms with E-state index in [2.05, 4.69) is 10.2 Å². The number of amides is 1. The summed E-state index contributed by atoms with van der Waals surface area (Å²) in [7, 11) is 0. The van der Waals surface area contributed by atoms with Crippen LogP contribution in [0.3, 0.4) is 0 Å². The third-order valence-electron chi connectivity index (χ3n) is 4.85. The van der Waals surface area contributed by atoms with Crippen LogP contribution in [0, 0.1) is 0 Å². The summed E-state index contributed by atoms with van der Waals surface area (Å²) in [6.07, 6.45) is -4.44. The first-order chi connectivity index (χ1) is 13.7. The van der Waals surface area contributed by atoms with Gasteiger partial charge in [0.1, 0.15) is 0 Å². The standard InChI is InChI=1S/C21H22F3N3O2/c1-15(28)16-5-7-19(8-6-16)27-11-9-26(10-12-27)14-20(29)25-18-4-2-3-17(13-18)21(22,23)24/h2-8,13H,9-12,14H2,1H3,(H,25,29). The Morgan fingerprint density at radius 1 is 1.00 bits per heavy atom. The van der Waals surface area contributed by atoms with Crippen LogP contribution in [0.25, 0.3) is 0 Å². The Balaban J connectivity index is 1.50. The predicted molar refractivity (Wildman–Crippen MR) is 105 cm³/mol. The van der Waals surface area contributed by atoms with Crippen molar-refractivity contribution in [2.45, 2.75) is 13.1 Å². The van der Waals surface area contributed by atoms with Crippen LogP contribution in [-0.2, 0) is 11.0 Å². The maximum Gasteiger partial charge on any atom is 0.416 e. The molecule has 2 aromatic rings. The van der Waals surface area contributed by atoms with Gasteiger partial charge in [0.2, 0.25) is 5.91 Å². The SMILES string of the molecule is CC(=O)c1ccc(N2CCN(CC(=O)Nc3cccc(C(F)(F)F)c3)CC2)cc1. The fourth-order valence-electron chi connectivity index (χ4n) is 3.25. The zero-order valence-corrected chi connectivity index (χ0v) is 16.0. The van der Waals surface area contributed by atoms with Gasteiger partial charge in [-0.2, -0.15) is 13.2 Å². The molecule has 1 fully saturated rings. The fourth-order valence-corrected chi connectivity index (χ4v) is 3.25. The smallest absolute Gasteiger partial charge is 0.369 e. The van der Waals surface area contributed by atoms with Crippen LogP contribution >= 0.6 is 0 Å². The minimum Gasteiger partial charge on any atom is -0.369 e. The molecule has 0 bridgehead atoms. The summed E-state index contributed by atoms with van der Waals surface area (Å²) in [6, 6.07) is 12.0. The molecule has 3 rings (SSSR count). The van der Waals surface area contributed by atoms with E-state index in [0.717, 1.165) is 30.9 Å². The summed E-state index contributed by atoms with van der Waals surface area (Å²) in [5, 5.41) is 2.54. The topological polar surface area (TPSA) is 52.7 Å². The zero-order valence-electron chi connectivity index (χ0n) is 16.0. The molecule has 1 amide bonds. The Morgan fingerprint density at radius 3 is 2.24 bits per heavy atom. The first-order valence-corrected chi connectivity index (χ1v) is 9.28. The second-order valence-electron chi connectivity index (χ2n) is 6.99. The van der Waals surface area contributed by atoms with E-state index in [1.807, 2.05) is 17.0 Å². The zero-order chi connectivity index (χ0) is 21.0. The predicted octanol–water partition coefficient (Wildman–Crippen LogP) is 3.67. The van der Waals surface area contributed by atoms with Crippen molar-refractivity contribution in [2.75, 3.05) is 42.9 Å². The number of nitrogens with zero attached hydrogens (tertiary/aromatic N) is 2. The van der Waals surface area contributed by atoms with Crippen molar-refractivity contribution in [1.29, 1.82) is 0 Å². The number of piperazine rings is 1. The molecule has 1 saturated heterocycles. The Hall–Kier alpha value is -2.87. The number of nitrogens with one attached hydrogen (secondary N) is 1. The number of carbonyl (C=O) groups excluding carboxylic acids is 2. The number of rotatable bonds is 5. The molecule has 1 aliphatic rings. The summed E-state index contributed by atoms with van der Waals surface area (Å²) in [5.74, 6) is -0.322. The molecule has 0 aliphatic carbocycles. The van der Waals surface area contributed by atoms with Gasteiger partial charge in [-0.15, -0.1) is 0 Å². The molecule has 0 saturated carbocycles. The summed E-state index contributed by atoms with van der Waals surface area (Å²) >= 11 is 0. The molecule has 8 heteroatoms. The van der Waals surface area contributed by atoms with Gasteiger partial charge in [-0.1, -0.05) is 6.07 Å². The van der Waals surface area contributed by atoms with E-state index in [4.69, 9.17) is 0 Å². The minimum absolute atomic E-state index is 0.0214. The van der Waals surface area contributed by atoms with Gasteiger partial charge in [-0.3, -0.25) is 14.5 Å². The molecule has 1 aliphatic heterocycles. The number of benzene rings is 2. The number of ketones is 1. The van der Waals surface area contributed by atoms with E-state index in [1.54, 1.807) is 12.1 Å². The van der Waals surface area contributed by atoms with Gasteiger partial charge in [0.25, 0.3) is 0 Å². The van der Waals surface area contributed by atoms with Crippen molar-refractivity contribution < 1.29 is 22.8 Å². The van der Waals surface area contributed by atoms with E-state index in [-0.39, 0.29) is 23.9 Å². The highest BCUT2D eigenvalue weighted by Crippen LogP contribution is 2.30. The maximum absolute atomic E-state index is 12.8. The quantitative estimate of drug-likeness (QED) is 0.772. The fraction of sp³-hybridized carbons (Fsp3) is 0.333. The monoisotopic (exact) mass is 405 g/mol. The minimum atomic E-state index is -4.44. The molecule has 0 spiro atoms. The second kappa shape index (κ2) is 8.65. The molecule has 5 nitrogen and oxygen atoms in total. The van der Waals surface area contributed by atoms with E-state index >= 15 is 0 Å². The lowest BCUT2D eigenvalue weighted by Crippen LogP contribution is -2.48. The summed E-state index contributed by atoms with van der Waals surface area (Å²) < 4.78 is 38.3. The molecule has 1 heterocycles. The van der Waals surface area contributed by atoms with E-state index < -0.39 is 11.7 Å². The molecule has 1 N–H and O–H groups in total. The van der Waals surface area contributed by atoms with Gasteiger partial charge in [-0.25, -0.2) is 0 Å². The molecule has 29 heavy (non-hydrogen) atoms. The molecular formula is C21H22F3N3O2. The highest BCUT2D eigenvalue weighted by Gasteiger charge is 2.30. The molecule has 0 radical (unpaired) electrons. The van der Waals surface area contributed by atoms with Gasteiger partial charge in [0.05, 0.1) is 12.1 Å². The molecule has 0 unspecified atom stereocenters. The highest BCUT2D eigenvalue weighted by molar-refractivity contribution is 5.94. The van der Waals surface area contributed by atoms with E-state index in [9.17, 15) is 22.8 Å². The van der Waals surface area contributed by atoms with Crippen LogP contribution in [0.2, 0.25) is 0 Å². The van der Waals surface area contributed by atoms with Crippen LogP contribution in [0.5, 0.6) is 0 Å². The van der Waals surface area contributed by atoms with Crippen molar-refractivity contribution in [3.63, 3.8) is 0 Å². The van der Waals surface area contributed by atoms with Gasteiger partial charge in [0, 0.05) is 43.1 Å². The maximum atomic E-state index is 12.8. The third-order valence-corrected chi connectivity index (χ3v) is 4.85. The van der Waals surface area contributed by atoms with E-state index in [1.165, 1.54) is 19.1 Å². The Morgan fingerprint density at radius 2 is 1.66 bits per heavy atom. The Kier molecular flexibility index (Phi) is 6.22. The van der Waals surface area contributed by atoms with Crippen molar-refractivity contribution >= 4 is 23.1 Å². The lowest BCUT2D eigenvalue weighted by Gasteiger charge is -2.35. The Labute approximate surface area is 167 Å². The highest BCUT2D eigenvalue weighted by atomic mass is 19.4. The van der Waals surface area contributed by atoms with Crippen LogP contribution in [0.1, 0.15) is 22.8 Å². The summed E-state index contributed by atoms with van der Waals surface area (Å²) in [5.41, 5.74) is 1.02. The molecule has 0 atom stereocenters. The van der Waals surface area contributed by atoms with Crippen LogP contribution in [0.15, 0.2) is 48.5 Å². The van der Waals surface area contributed by atoms with Gasteiger partial charge in [0.15, 0.2) is 5.78 Å². The average Bonchev–Trinajstić information content (AvgIpc) is 2.68.